The van der Waals surface area contributed by atoms with Crippen molar-refractivity contribution in [3.8, 4) is 11.3 Å². The maximum Gasteiger partial charge on any atom is 0.270 e. The van der Waals surface area contributed by atoms with E-state index in [4.69, 9.17) is 4.42 Å². The lowest BCUT2D eigenvalue weighted by molar-refractivity contribution is -0.384. The van der Waals surface area contributed by atoms with Crippen LogP contribution < -0.4 is 0 Å². The molecule has 0 unspecified atom stereocenters. The Morgan fingerprint density at radius 3 is 2.39 bits per heavy atom. The van der Waals surface area contributed by atoms with E-state index in [9.17, 15) is 19.7 Å². The summed E-state index contributed by atoms with van der Waals surface area (Å²) in [5.74, 6) is 1.25. The van der Waals surface area contributed by atoms with Gasteiger partial charge in [-0.2, -0.15) is 10.1 Å². The Morgan fingerprint density at radius 2 is 1.77 bits per heavy atom. The first-order valence-electron chi connectivity index (χ1n) is 10.1. The number of hydrazone groups is 1. The molecule has 2 bridgehead atoms. The summed E-state index contributed by atoms with van der Waals surface area (Å²) < 4.78 is 6.29. The van der Waals surface area contributed by atoms with Crippen molar-refractivity contribution in [3.05, 3.63) is 62.8 Å². The van der Waals surface area contributed by atoms with Crippen LogP contribution in [0.3, 0.4) is 0 Å². The molecule has 4 aliphatic carbocycles. The third-order valence-electron chi connectivity index (χ3n) is 7.00. The topological polar surface area (TPSA) is 106 Å². The summed E-state index contributed by atoms with van der Waals surface area (Å²) in [6, 6.07) is 7.77. The molecule has 0 N–H and O–H groups in total. The normalized spacial score (nSPS) is 32.6. The molecule has 3 fully saturated rings. The van der Waals surface area contributed by atoms with Crippen LogP contribution in [0.4, 0.5) is 5.69 Å². The molecule has 2 saturated carbocycles. The smallest absolute Gasteiger partial charge is 0.270 e. The van der Waals surface area contributed by atoms with Gasteiger partial charge in [0.15, 0.2) is 0 Å². The summed E-state index contributed by atoms with van der Waals surface area (Å²) in [7, 11) is 0. The fourth-order valence-corrected chi connectivity index (χ4v) is 6.12. The van der Waals surface area contributed by atoms with E-state index >= 15 is 0 Å². The Balaban J connectivity index is 1.23. The second kappa shape index (κ2) is 6.46. The minimum absolute atomic E-state index is 0.0300. The molecule has 5 aliphatic rings. The summed E-state index contributed by atoms with van der Waals surface area (Å²) in [5.41, 5.74) is 0.615. The molecule has 2 amide bonds. The molecule has 1 aromatic heterocycles. The Bertz CT molecular complexity index is 1180. The molecule has 1 aliphatic heterocycles. The van der Waals surface area contributed by atoms with E-state index in [0.717, 1.165) is 11.4 Å². The Hall–Kier alpha value is -3.07. The first kappa shape index (κ1) is 18.7. The van der Waals surface area contributed by atoms with Crippen molar-refractivity contribution in [1.82, 2.24) is 5.01 Å². The van der Waals surface area contributed by atoms with Crippen molar-refractivity contribution in [2.24, 2.45) is 40.6 Å². The van der Waals surface area contributed by atoms with Crippen molar-refractivity contribution < 1.29 is 18.9 Å². The second-order valence-electron chi connectivity index (χ2n) is 8.51. The summed E-state index contributed by atoms with van der Waals surface area (Å²) in [6.45, 7) is 0. The summed E-state index contributed by atoms with van der Waals surface area (Å²) >= 11 is 3.33. The number of nitro benzene ring substituents is 1. The lowest BCUT2D eigenvalue weighted by Crippen LogP contribution is -2.40. The molecule has 31 heavy (non-hydrogen) atoms. The average molecular weight is 482 g/mol. The first-order chi connectivity index (χ1) is 14.9. The third kappa shape index (κ3) is 2.69. The van der Waals surface area contributed by atoms with Gasteiger partial charge < -0.3 is 4.42 Å². The van der Waals surface area contributed by atoms with Gasteiger partial charge in [0.2, 0.25) is 0 Å². The zero-order valence-electron chi connectivity index (χ0n) is 16.1. The molecule has 1 aromatic carbocycles. The Kier molecular flexibility index (Phi) is 3.89. The molecule has 6 atom stereocenters. The van der Waals surface area contributed by atoms with Crippen LogP contribution in [0.15, 0.2) is 56.5 Å². The number of hydrogen-bond donors (Lipinski definition) is 0. The van der Waals surface area contributed by atoms with Crippen LogP contribution in [0.5, 0.6) is 0 Å². The number of hydrogen-bond acceptors (Lipinski definition) is 6. The number of imide groups is 1. The van der Waals surface area contributed by atoms with Crippen molar-refractivity contribution in [2.45, 2.75) is 6.42 Å². The van der Waals surface area contributed by atoms with E-state index < -0.39 is 4.92 Å². The second-order valence-corrected chi connectivity index (χ2v) is 9.37. The number of allylic oxidation sites excluding steroid dienone is 2. The maximum absolute atomic E-state index is 12.9. The average Bonchev–Trinajstić information content (AvgIpc) is 3.40. The molecule has 8 nitrogen and oxygen atoms in total. The molecule has 7 rings (SSSR count). The van der Waals surface area contributed by atoms with Gasteiger partial charge in [-0.05, 0) is 64.2 Å². The highest BCUT2D eigenvalue weighted by molar-refractivity contribution is 9.10. The zero-order valence-corrected chi connectivity index (χ0v) is 17.6. The highest BCUT2D eigenvalue weighted by Crippen LogP contribution is 2.65. The van der Waals surface area contributed by atoms with Crippen molar-refractivity contribution in [3.63, 3.8) is 0 Å². The fraction of sp³-hybridized carbons (Fsp3) is 0.318. The van der Waals surface area contributed by atoms with E-state index in [1.165, 1.54) is 18.3 Å². The van der Waals surface area contributed by atoms with Gasteiger partial charge in [0.25, 0.3) is 17.5 Å². The van der Waals surface area contributed by atoms with Crippen LogP contribution in [0.2, 0.25) is 0 Å². The molecular formula is C22H16BrN3O5. The minimum Gasteiger partial charge on any atom is -0.455 e. The molecule has 2 heterocycles. The molecule has 156 valence electrons. The lowest BCUT2D eigenvalue weighted by atomic mass is 9.63. The van der Waals surface area contributed by atoms with Gasteiger partial charge in [-0.3, -0.25) is 19.7 Å². The van der Waals surface area contributed by atoms with Gasteiger partial charge in [0.1, 0.15) is 11.5 Å². The Morgan fingerprint density at radius 1 is 1.10 bits per heavy atom. The number of carbonyl (C=O) groups is 2. The minimum atomic E-state index is -0.471. The van der Waals surface area contributed by atoms with Gasteiger partial charge in [0.05, 0.1) is 23.0 Å². The number of halogens is 1. The van der Waals surface area contributed by atoms with Crippen LogP contribution in [0.1, 0.15) is 12.2 Å². The standard InChI is InChI=1S/C22H16BrN3O5/c23-17-7-10(26(29)30)1-3-14(17)18-6-2-11(31-18)9-24-25-21(27)19-12-4-5-13(16-8-15(12)16)20(19)22(25)28/h1-7,9,12-13,15-16,19-20H,8H2/b24-9-/t12-,13-,15-,16-,19+,20+/m0/s1. The lowest BCUT2D eigenvalue weighted by Gasteiger charge is -2.37. The summed E-state index contributed by atoms with van der Waals surface area (Å²) in [5, 5.41) is 16.1. The number of benzene rings is 1. The SMILES string of the molecule is O=C1[C@@H]2[C@H]3C=C[C@@H]([C@@H]4C[C@@H]34)[C@H]2C(=O)N1/N=C\c1ccc(-c2ccc([N+](=O)[O-])cc2Br)o1. The third-order valence-corrected chi connectivity index (χ3v) is 7.65. The monoisotopic (exact) mass is 481 g/mol. The number of rotatable bonds is 4. The maximum atomic E-state index is 12.9. The molecular weight excluding hydrogens is 466 g/mol. The predicted octanol–water partition coefficient (Wildman–Crippen LogP) is 4.00. The van der Waals surface area contributed by atoms with Crippen LogP contribution in [-0.4, -0.2) is 28.0 Å². The molecule has 1 saturated heterocycles. The number of non-ortho nitro benzene ring substituents is 1. The highest BCUT2D eigenvalue weighted by atomic mass is 79.9. The van der Waals surface area contributed by atoms with Crippen molar-refractivity contribution in [1.29, 1.82) is 0 Å². The van der Waals surface area contributed by atoms with Gasteiger partial charge in [-0.25, -0.2) is 0 Å². The summed E-state index contributed by atoms with van der Waals surface area (Å²) in [4.78, 5) is 36.3. The number of nitrogens with zero attached hydrogens (tertiary/aromatic N) is 3. The van der Waals surface area contributed by atoms with Gasteiger partial charge in [-0.15, -0.1) is 0 Å². The number of carbonyl (C=O) groups excluding carboxylic acids is 2. The number of furan rings is 1. The summed E-state index contributed by atoms with van der Waals surface area (Å²) in [6.07, 6.45) is 6.73. The highest BCUT2D eigenvalue weighted by Gasteiger charge is 2.67. The van der Waals surface area contributed by atoms with Crippen molar-refractivity contribution in [2.75, 3.05) is 0 Å². The largest absolute Gasteiger partial charge is 0.455 e. The number of nitro groups is 1. The van der Waals surface area contributed by atoms with E-state index in [1.54, 1.807) is 18.2 Å². The zero-order chi connectivity index (χ0) is 21.4. The van der Waals surface area contributed by atoms with Crippen LogP contribution in [0.25, 0.3) is 11.3 Å². The van der Waals surface area contributed by atoms with Crippen LogP contribution >= 0.6 is 15.9 Å². The van der Waals surface area contributed by atoms with Crippen molar-refractivity contribution >= 4 is 39.6 Å². The van der Waals surface area contributed by atoms with Crippen LogP contribution in [-0.2, 0) is 9.59 Å². The van der Waals surface area contributed by atoms with E-state index in [1.807, 2.05) is 0 Å². The fourth-order valence-electron chi connectivity index (χ4n) is 5.55. The molecule has 0 spiro atoms. The molecule has 0 radical (unpaired) electrons. The van der Waals surface area contributed by atoms with Crippen LogP contribution in [0, 0.1) is 45.6 Å². The van der Waals surface area contributed by atoms with Gasteiger partial charge in [-0.1, -0.05) is 12.2 Å². The Labute approximate surface area is 184 Å². The quantitative estimate of drug-likeness (QED) is 0.215. The van der Waals surface area contributed by atoms with E-state index in [0.29, 0.717) is 33.4 Å². The van der Waals surface area contributed by atoms with E-state index in [-0.39, 0.29) is 41.2 Å². The first-order valence-corrected chi connectivity index (χ1v) is 10.9. The number of amides is 2. The van der Waals surface area contributed by atoms with E-state index in [2.05, 4.69) is 33.2 Å². The predicted molar refractivity (Wildman–Crippen MR) is 113 cm³/mol. The molecule has 9 heteroatoms. The molecule has 2 aromatic rings. The van der Waals surface area contributed by atoms with Gasteiger partial charge in [0, 0.05) is 22.2 Å². The van der Waals surface area contributed by atoms with Gasteiger partial charge >= 0.3 is 0 Å².